The van der Waals surface area contributed by atoms with Gasteiger partial charge in [-0.1, -0.05) is 18.2 Å². The number of ether oxygens (including phenoxy) is 1. The average molecular weight is 221 g/mol. The molecule has 0 spiro atoms. The normalized spacial score (nSPS) is 19.1. The lowest BCUT2D eigenvalue weighted by atomic mass is 9.95. The van der Waals surface area contributed by atoms with Crippen LogP contribution in [0.15, 0.2) is 30.3 Å². The van der Waals surface area contributed by atoms with Gasteiger partial charge in [-0.2, -0.15) is 0 Å². The quantitative estimate of drug-likeness (QED) is 0.763. The third-order valence-corrected chi connectivity index (χ3v) is 3.38. The molecule has 3 nitrogen and oxygen atoms in total. The van der Waals surface area contributed by atoms with E-state index in [2.05, 4.69) is 5.32 Å². The van der Waals surface area contributed by atoms with Crippen LogP contribution in [0.3, 0.4) is 0 Å². The highest BCUT2D eigenvalue weighted by atomic mass is 16.5. The van der Waals surface area contributed by atoms with Crippen LogP contribution >= 0.6 is 0 Å². The summed E-state index contributed by atoms with van der Waals surface area (Å²) in [6.45, 7) is 0.648. The highest BCUT2D eigenvalue weighted by molar-refractivity contribution is 5.21. The van der Waals surface area contributed by atoms with Gasteiger partial charge < -0.3 is 15.2 Å². The van der Waals surface area contributed by atoms with Crippen LogP contribution in [0.4, 0.5) is 0 Å². The summed E-state index contributed by atoms with van der Waals surface area (Å²) in [5.74, 6) is 1.41. The number of para-hydroxylation sites is 1. The molecular weight excluding hydrogens is 202 g/mol. The zero-order valence-electron chi connectivity index (χ0n) is 9.65. The molecule has 1 unspecified atom stereocenters. The van der Waals surface area contributed by atoms with E-state index in [1.165, 1.54) is 12.8 Å². The van der Waals surface area contributed by atoms with E-state index in [0.29, 0.717) is 12.5 Å². The Bertz CT molecular complexity index is 318. The van der Waals surface area contributed by atoms with Crippen molar-refractivity contribution in [2.45, 2.75) is 18.4 Å². The second kappa shape index (κ2) is 4.85. The lowest BCUT2D eigenvalue weighted by molar-refractivity contribution is 0.0915. The molecule has 0 aromatic heterocycles. The maximum absolute atomic E-state index is 9.52. The number of benzene rings is 1. The Hall–Kier alpha value is -1.06. The molecule has 0 bridgehead atoms. The van der Waals surface area contributed by atoms with Gasteiger partial charge in [0.1, 0.15) is 12.4 Å². The molecule has 16 heavy (non-hydrogen) atoms. The Morgan fingerprint density at radius 2 is 2.06 bits per heavy atom. The molecule has 1 aliphatic carbocycles. The molecule has 1 saturated carbocycles. The first-order valence-corrected chi connectivity index (χ1v) is 5.78. The minimum absolute atomic E-state index is 0.126. The SMILES string of the molecule is CNC(CO)(COc1ccccc1)C1CC1. The molecule has 0 saturated heterocycles. The molecule has 0 aliphatic heterocycles. The first-order chi connectivity index (χ1) is 7.80. The van der Waals surface area contributed by atoms with E-state index in [0.717, 1.165) is 5.75 Å². The molecule has 0 heterocycles. The first-order valence-electron chi connectivity index (χ1n) is 5.78. The Balaban J connectivity index is 1.96. The van der Waals surface area contributed by atoms with Crippen LogP contribution in [0, 0.1) is 5.92 Å². The predicted molar refractivity (Wildman–Crippen MR) is 63.5 cm³/mol. The van der Waals surface area contributed by atoms with Crippen LogP contribution in [0.2, 0.25) is 0 Å². The third kappa shape index (κ3) is 2.36. The van der Waals surface area contributed by atoms with Gasteiger partial charge >= 0.3 is 0 Å². The van der Waals surface area contributed by atoms with Crippen LogP contribution in [-0.4, -0.2) is 30.9 Å². The number of nitrogens with one attached hydrogen (secondary N) is 1. The van der Waals surface area contributed by atoms with Crippen molar-refractivity contribution in [3.05, 3.63) is 30.3 Å². The van der Waals surface area contributed by atoms with Crippen molar-refractivity contribution in [1.29, 1.82) is 0 Å². The van der Waals surface area contributed by atoms with Gasteiger partial charge in [0.2, 0.25) is 0 Å². The summed E-state index contributed by atoms with van der Waals surface area (Å²) in [6, 6.07) is 9.74. The fraction of sp³-hybridized carbons (Fsp3) is 0.538. The van der Waals surface area contributed by atoms with E-state index in [9.17, 15) is 5.11 Å². The lowest BCUT2D eigenvalue weighted by Gasteiger charge is -2.31. The summed E-state index contributed by atoms with van der Waals surface area (Å²) in [5.41, 5.74) is -0.268. The van der Waals surface area contributed by atoms with Gasteiger partial charge in [0.25, 0.3) is 0 Å². The van der Waals surface area contributed by atoms with Crippen LogP contribution in [-0.2, 0) is 0 Å². The minimum atomic E-state index is -0.268. The van der Waals surface area contributed by atoms with E-state index in [-0.39, 0.29) is 12.1 Å². The number of hydrogen-bond donors (Lipinski definition) is 2. The molecule has 0 amide bonds. The van der Waals surface area contributed by atoms with Gasteiger partial charge in [0.05, 0.1) is 12.1 Å². The minimum Gasteiger partial charge on any atom is -0.492 e. The van der Waals surface area contributed by atoms with Gasteiger partial charge in [0, 0.05) is 0 Å². The molecule has 1 atom stereocenters. The molecule has 0 radical (unpaired) electrons. The highest BCUT2D eigenvalue weighted by Crippen LogP contribution is 2.39. The summed E-state index contributed by atoms with van der Waals surface area (Å²) in [6.07, 6.45) is 2.36. The number of hydrogen-bond acceptors (Lipinski definition) is 3. The fourth-order valence-corrected chi connectivity index (χ4v) is 2.01. The summed E-state index contributed by atoms with van der Waals surface area (Å²) in [7, 11) is 1.89. The smallest absolute Gasteiger partial charge is 0.119 e. The lowest BCUT2D eigenvalue weighted by Crippen LogP contribution is -2.53. The van der Waals surface area contributed by atoms with Crippen molar-refractivity contribution >= 4 is 0 Å². The number of aliphatic hydroxyl groups excluding tert-OH is 1. The van der Waals surface area contributed by atoms with Crippen LogP contribution in [0.1, 0.15) is 12.8 Å². The van der Waals surface area contributed by atoms with Crippen molar-refractivity contribution < 1.29 is 9.84 Å². The van der Waals surface area contributed by atoms with Crippen LogP contribution < -0.4 is 10.1 Å². The zero-order chi connectivity index (χ0) is 11.4. The van der Waals surface area contributed by atoms with Crippen LogP contribution in [0.25, 0.3) is 0 Å². The van der Waals surface area contributed by atoms with Gasteiger partial charge in [0.15, 0.2) is 0 Å². The third-order valence-electron chi connectivity index (χ3n) is 3.38. The predicted octanol–water partition coefficient (Wildman–Crippen LogP) is 1.43. The van der Waals surface area contributed by atoms with E-state index in [1.54, 1.807) is 0 Å². The molecule has 2 rings (SSSR count). The molecule has 1 fully saturated rings. The number of likely N-dealkylation sites (N-methyl/N-ethyl adjacent to an activating group) is 1. The molecule has 1 aliphatic rings. The van der Waals surface area contributed by atoms with Gasteiger partial charge in [-0.15, -0.1) is 0 Å². The van der Waals surface area contributed by atoms with Crippen molar-refractivity contribution in [3.63, 3.8) is 0 Å². The standard InChI is InChI=1S/C13H19NO2/c1-14-13(9-15,11-7-8-11)10-16-12-5-3-2-4-6-12/h2-6,11,14-15H,7-10H2,1H3. The van der Waals surface area contributed by atoms with Crippen molar-refractivity contribution in [3.8, 4) is 5.75 Å². The van der Waals surface area contributed by atoms with Crippen molar-refractivity contribution in [2.75, 3.05) is 20.3 Å². The molecule has 2 N–H and O–H groups in total. The topological polar surface area (TPSA) is 41.5 Å². The molecule has 1 aromatic carbocycles. The molecule has 1 aromatic rings. The van der Waals surface area contributed by atoms with E-state index in [1.807, 2.05) is 37.4 Å². The monoisotopic (exact) mass is 221 g/mol. The maximum Gasteiger partial charge on any atom is 0.119 e. The van der Waals surface area contributed by atoms with Gasteiger partial charge in [-0.05, 0) is 37.9 Å². The Morgan fingerprint density at radius 1 is 1.38 bits per heavy atom. The fourth-order valence-electron chi connectivity index (χ4n) is 2.01. The highest BCUT2D eigenvalue weighted by Gasteiger charge is 2.44. The van der Waals surface area contributed by atoms with Crippen molar-refractivity contribution in [1.82, 2.24) is 5.32 Å². The Labute approximate surface area is 96.4 Å². The summed E-state index contributed by atoms with van der Waals surface area (Å²) in [5, 5.41) is 12.7. The second-order valence-electron chi connectivity index (χ2n) is 4.44. The average Bonchev–Trinajstić information content (AvgIpc) is 3.17. The van der Waals surface area contributed by atoms with Gasteiger partial charge in [-0.25, -0.2) is 0 Å². The summed E-state index contributed by atoms with van der Waals surface area (Å²) < 4.78 is 5.73. The number of aliphatic hydroxyl groups is 1. The zero-order valence-corrected chi connectivity index (χ0v) is 9.65. The molecule has 3 heteroatoms. The van der Waals surface area contributed by atoms with Gasteiger partial charge in [-0.3, -0.25) is 0 Å². The first kappa shape index (κ1) is 11.4. The van der Waals surface area contributed by atoms with E-state index < -0.39 is 0 Å². The molecule has 88 valence electrons. The van der Waals surface area contributed by atoms with E-state index in [4.69, 9.17) is 4.74 Å². The Kier molecular flexibility index (Phi) is 3.46. The Morgan fingerprint density at radius 3 is 2.56 bits per heavy atom. The van der Waals surface area contributed by atoms with Crippen molar-refractivity contribution in [2.24, 2.45) is 5.92 Å². The van der Waals surface area contributed by atoms with Crippen LogP contribution in [0.5, 0.6) is 5.75 Å². The largest absolute Gasteiger partial charge is 0.492 e. The summed E-state index contributed by atoms with van der Waals surface area (Å²) in [4.78, 5) is 0. The molecular formula is C13H19NO2. The number of rotatable bonds is 6. The summed E-state index contributed by atoms with van der Waals surface area (Å²) >= 11 is 0. The second-order valence-corrected chi connectivity index (χ2v) is 4.44. The maximum atomic E-state index is 9.52. The van der Waals surface area contributed by atoms with E-state index >= 15 is 0 Å².